The van der Waals surface area contributed by atoms with Crippen LogP contribution in [0.15, 0.2) is 22.7 Å². The molecule has 1 fully saturated rings. The maximum atomic E-state index is 12.5. The van der Waals surface area contributed by atoms with Crippen molar-refractivity contribution in [3.05, 3.63) is 28.2 Å². The molecule has 1 amide bonds. The zero-order valence-electron chi connectivity index (χ0n) is 10.4. The van der Waals surface area contributed by atoms with Crippen LogP contribution >= 0.6 is 15.9 Å². The molecule has 0 heterocycles. The topological polar surface area (TPSA) is 55.6 Å². The molecule has 0 aliphatic heterocycles. The van der Waals surface area contributed by atoms with Crippen molar-refractivity contribution in [2.75, 3.05) is 26.0 Å². The first-order valence-corrected chi connectivity index (χ1v) is 6.77. The minimum Gasteiger partial charge on any atom is -0.398 e. The molecule has 1 aromatic carbocycles. The number of carbonyl (C=O) groups is 1. The van der Waals surface area contributed by atoms with Crippen molar-refractivity contribution in [2.24, 2.45) is 0 Å². The summed E-state index contributed by atoms with van der Waals surface area (Å²) < 4.78 is 5.92. The van der Waals surface area contributed by atoms with Gasteiger partial charge < -0.3 is 15.4 Å². The molecule has 0 atom stereocenters. The second-order valence-electron chi connectivity index (χ2n) is 4.45. The number of hydrogen-bond donors (Lipinski definition) is 1. The molecule has 1 saturated carbocycles. The highest BCUT2D eigenvalue weighted by Crippen LogP contribution is 2.29. The van der Waals surface area contributed by atoms with Gasteiger partial charge in [-0.1, -0.05) is 15.9 Å². The van der Waals surface area contributed by atoms with Crippen LogP contribution < -0.4 is 5.73 Å². The molecule has 0 spiro atoms. The van der Waals surface area contributed by atoms with Gasteiger partial charge in [-0.3, -0.25) is 4.79 Å². The Hall–Kier alpha value is -1.07. The molecule has 1 aliphatic rings. The molecule has 98 valence electrons. The number of amides is 1. The molecule has 0 saturated heterocycles. The van der Waals surface area contributed by atoms with E-state index in [1.165, 1.54) is 0 Å². The number of nitrogen functional groups attached to an aromatic ring is 1. The number of halogens is 1. The summed E-state index contributed by atoms with van der Waals surface area (Å²) in [4.78, 5) is 14.3. The highest BCUT2D eigenvalue weighted by molar-refractivity contribution is 9.10. The summed E-state index contributed by atoms with van der Waals surface area (Å²) >= 11 is 3.37. The number of nitrogens with zero attached hydrogens (tertiary/aromatic N) is 1. The van der Waals surface area contributed by atoms with E-state index in [1.807, 2.05) is 11.0 Å². The van der Waals surface area contributed by atoms with E-state index in [1.54, 1.807) is 19.2 Å². The lowest BCUT2D eigenvalue weighted by Gasteiger charge is -2.22. The highest BCUT2D eigenvalue weighted by atomic mass is 79.9. The fourth-order valence-corrected chi connectivity index (χ4v) is 2.26. The van der Waals surface area contributed by atoms with Gasteiger partial charge in [0.1, 0.15) is 0 Å². The van der Waals surface area contributed by atoms with Gasteiger partial charge in [0.2, 0.25) is 0 Å². The van der Waals surface area contributed by atoms with E-state index in [2.05, 4.69) is 15.9 Å². The fourth-order valence-electron chi connectivity index (χ4n) is 1.89. The number of methoxy groups -OCH3 is 1. The number of benzene rings is 1. The van der Waals surface area contributed by atoms with Gasteiger partial charge in [0.25, 0.3) is 5.91 Å². The minimum absolute atomic E-state index is 0.00616. The Bertz CT molecular complexity index is 447. The van der Waals surface area contributed by atoms with Gasteiger partial charge in [0, 0.05) is 29.9 Å². The van der Waals surface area contributed by atoms with Crippen molar-refractivity contribution in [2.45, 2.75) is 18.9 Å². The minimum atomic E-state index is -0.00616. The summed E-state index contributed by atoms with van der Waals surface area (Å²) in [7, 11) is 1.64. The molecular weight excluding hydrogens is 296 g/mol. The number of ether oxygens (including phenoxy) is 1. The molecular formula is C13H17BrN2O2. The first-order chi connectivity index (χ1) is 8.63. The lowest BCUT2D eigenvalue weighted by atomic mass is 10.1. The Balaban J connectivity index is 2.19. The molecule has 5 heteroatoms. The number of hydrogen-bond acceptors (Lipinski definition) is 3. The van der Waals surface area contributed by atoms with Crippen molar-refractivity contribution < 1.29 is 9.53 Å². The van der Waals surface area contributed by atoms with Gasteiger partial charge in [-0.25, -0.2) is 0 Å². The molecule has 1 aromatic rings. The Labute approximate surface area is 115 Å². The SMILES string of the molecule is COCCN(C(=O)c1cc(Br)ccc1N)C1CC1. The highest BCUT2D eigenvalue weighted by Gasteiger charge is 2.33. The van der Waals surface area contributed by atoms with E-state index in [4.69, 9.17) is 10.5 Å². The average molecular weight is 313 g/mol. The molecule has 1 aliphatic carbocycles. The Kier molecular flexibility index (Phi) is 4.24. The maximum absolute atomic E-state index is 12.5. The van der Waals surface area contributed by atoms with Gasteiger partial charge in [-0.2, -0.15) is 0 Å². The second-order valence-corrected chi connectivity index (χ2v) is 5.37. The maximum Gasteiger partial charge on any atom is 0.256 e. The van der Waals surface area contributed by atoms with Crippen LogP contribution in [0, 0.1) is 0 Å². The zero-order valence-corrected chi connectivity index (χ0v) is 11.9. The van der Waals surface area contributed by atoms with Gasteiger partial charge in [-0.15, -0.1) is 0 Å². The predicted molar refractivity (Wildman–Crippen MR) is 74.5 cm³/mol. The molecule has 4 nitrogen and oxygen atoms in total. The van der Waals surface area contributed by atoms with Crippen molar-refractivity contribution in [3.63, 3.8) is 0 Å². The predicted octanol–water partition coefficient (Wildman–Crippen LogP) is 2.28. The van der Waals surface area contributed by atoms with Crippen molar-refractivity contribution in [1.29, 1.82) is 0 Å². The van der Waals surface area contributed by atoms with Crippen LogP contribution in [0.25, 0.3) is 0 Å². The molecule has 0 bridgehead atoms. The average Bonchev–Trinajstić information content (AvgIpc) is 3.17. The van der Waals surface area contributed by atoms with Gasteiger partial charge in [-0.05, 0) is 31.0 Å². The monoisotopic (exact) mass is 312 g/mol. The van der Waals surface area contributed by atoms with Crippen molar-refractivity contribution >= 4 is 27.5 Å². The Morgan fingerprint density at radius 2 is 2.28 bits per heavy atom. The van der Waals surface area contributed by atoms with Gasteiger partial charge in [0.05, 0.1) is 12.2 Å². The Morgan fingerprint density at radius 1 is 1.56 bits per heavy atom. The standard InChI is InChI=1S/C13H17BrN2O2/c1-18-7-6-16(10-3-4-10)13(17)11-8-9(14)2-5-12(11)15/h2,5,8,10H,3-4,6-7,15H2,1H3. The first-order valence-electron chi connectivity index (χ1n) is 5.98. The third kappa shape index (κ3) is 3.03. The molecule has 18 heavy (non-hydrogen) atoms. The fraction of sp³-hybridized carbons (Fsp3) is 0.462. The largest absolute Gasteiger partial charge is 0.398 e. The van der Waals surface area contributed by atoms with Crippen molar-refractivity contribution in [3.8, 4) is 0 Å². The van der Waals surface area contributed by atoms with E-state index < -0.39 is 0 Å². The van der Waals surface area contributed by atoms with E-state index in [-0.39, 0.29) is 5.91 Å². The summed E-state index contributed by atoms with van der Waals surface area (Å²) in [6.07, 6.45) is 2.15. The van der Waals surface area contributed by atoms with Gasteiger partial charge >= 0.3 is 0 Å². The third-order valence-corrected chi connectivity index (χ3v) is 3.52. The molecule has 2 N–H and O–H groups in total. The normalized spacial score (nSPS) is 14.6. The number of rotatable bonds is 5. The summed E-state index contributed by atoms with van der Waals surface area (Å²) in [6, 6.07) is 5.72. The van der Waals surface area contributed by atoms with E-state index in [0.29, 0.717) is 30.4 Å². The molecule has 0 unspecified atom stereocenters. The molecule has 0 aromatic heterocycles. The Morgan fingerprint density at radius 3 is 2.89 bits per heavy atom. The zero-order chi connectivity index (χ0) is 13.1. The second kappa shape index (κ2) is 5.71. The summed E-state index contributed by atoms with van der Waals surface area (Å²) in [5, 5.41) is 0. The van der Waals surface area contributed by atoms with Crippen molar-refractivity contribution in [1.82, 2.24) is 4.90 Å². The summed E-state index contributed by atoms with van der Waals surface area (Å²) in [5.74, 6) is -0.00616. The van der Waals surface area contributed by atoms with E-state index >= 15 is 0 Å². The van der Waals surface area contributed by atoms with Crippen LogP contribution in [0.3, 0.4) is 0 Å². The van der Waals surface area contributed by atoms with E-state index in [0.717, 1.165) is 17.3 Å². The van der Waals surface area contributed by atoms with Crippen LogP contribution in [0.2, 0.25) is 0 Å². The summed E-state index contributed by atoms with van der Waals surface area (Å²) in [5.41, 5.74) is 6.96. The van der Waals surface area contributed by atoms with Crippen LogP contribution in [0.1, 0.15) is 23.2 Å². The van der Waals surface area contributed by atoms with E-state index in [9.17, 15) is 4.79 Å². The molecule has 0 radical (unpaired) electrons. The smallest absolute Gasteiger partial charge is 0.256 e. The summed E-state index contributed by atoms with van der Waals surface area (Å²) in [6.45, 7) is 1.17. The molecule has 2 rings (SSSR count). The number of anilines is 1. The number of carbonyl (C=O) groups excluding carboxylic acids is 1. The quantitative estimate of drug-likeness (QED) is 0.849. The number of nitrogens with two attached hydrogens (primary N) is 1. The first kappa shape index (κ1) is 13.4. The van der Waals surface area contributed by atoms with Gasteiger partial charge in [0.15, 0.2) is 0 Å². The third-order valence-electron chi connectivity index (χ3n) is 3.03. The van der Waals surface area contributed by atoms with Crippen LogP contribution in [-0.2, 0) is 4.74 Å². The lowest BCUT2D eigenvalue weighted by Crippen LogP contribution is -2.36. The van der Waals surface area contributed by atoms with Crippen LogP contribution in [0.4, 0.5) is 5.69 Å². The lowest BCUT2D eigenvalue weighted by molar-refractivity contribution is 0.0681. The van der Waals surface area contributed by atoms with Crippen LogP contribution in [0.5, 0.6) is 0 Å². The van der Waals surface area contributed by atoms with Crippen LogP contribution in [-0.4, -0.2) is 37.1 Å².